The van der Waals surface area contributed by atoms with Gasteiger partial charge in [-0.1, -0.05) is 24.3 Å². The standard InChI is InChI=1S/C11H14O3S/c1-3-10(8-12)15(13,14)11-7-5-4-6-9(11)2/h3-7,10,12H,1,8H2,2H3. The number of sulfone groups is 1. The number of hydrogen-bond donors (Lipinski definition) is 1. The van der Waals surface area contributed by atoms with Crippen molar-refractivity contribution >= 4 is 9.84 Å². The summed E-state index contributed by atoms with van der Waals surface area (Å²) in [5.74, 6) is 0. The minimum absolute atomic E-state index is 0.254. The first kappa shape index (κ1) is 11.9. The lowest BCUT2D eigenvalue weighted by Gasteiger charge is -2.12. The van der Waals surface area contributed by atoms with E-state index in [1.807, 2.05) is 0 Å². The van der Waals surface area contributed by atoms with Gasteiger partial charge >= 0.3 is 0 Å². The molecule has 0 spiro atoms. The smallest absolute Gasteiger partial charge is 0.187 e. The van der Waals surface area contributed by atoms with E-state index in [1.54, 1.807) is 25.1 Å². The van der Waals surface area contributed by atoms with Crippen LogP contribution in [0.25, 0.3) is 0 Å². The lowest BCUT2D eigenvalue weighted by atomic mass is 10.2. The second-order valence-electron chi connectivity index (χ2n) is 3.27. The van der Waals surface area contributed by atoms with Crippen LogP contribution in [0.4, 0.5) is 0 Å². The summed E-state index contributed by atoms with van der Waals surface area (Å²) in [6.45, 7) is 4.70. The molecule has 3 nitrogen and oxygen atoms in total. The molecule has 15 heavy (non-hydrogen) atoms. The fourth-order valence-electron chi connectivity index (χ4n) is 1.34. The largest absolute Gasteiger partial charge is 0.395 e. The van der Waals surface area contributed by atoms with E-state index in [-0.39, 0.29) is 4.90 Å². The summed E-state index contributed by atoms with van der Waals surface area (Å²) >= 11 is 0. The van der Waals surface area contributed by atoms with E-state index in [2.05, 4.69) is 6.58 Å². The maximum absolute atomic E-state index is 12.0. The van der Waals surface area contributed by atoms with Gasteiger partial charge in [-0.25, -0.2) is 8.42 Å². The molecule has 82 valence electrons. The maximum Gasteiger partial charge on any atom is 0.187 e. The molecule has 1 atom stereocenters. The van der Waals surface area contributed by atoms with Crippen LogP contribution < -0.4 is 0 Å². The second-order valence-corrected chi connectivity index (χ2v) is 5.40. The number of aliphatic hydroxyl groups is 1. The van der Waals surface area contributed by atoms with E-state index < -0.39 is 21.7 Å². The first-order valence-corrected chi connectivity index (χ1v) is 6.11. The highest BCUT2D eigenvalue weighted by Crippen LogP contribution is 2.20. The van der Waals surface area contributed by atoms with Gasteiger partial charge in [0, 0.05) is 0 Å². The fraction of sp³-hybridized carbons (Fsp3) is 0.273. The third-order valence-electron chi connectivity index (χ3n) is 2.24. The van der Waals surface area contributed by atoms with Crippen LogP contribution in [0, 0.1) is 6.92 Å². The topological polar surface area (TPSA) is 54.4 Å². The van der Waals surface area contributed by atoms with Gasteiger partial charge in [0.05, 0.1) is 11.5 Å². The molecule has 0 aliphatic rings. The van der Waals surface area contributed by atoms with E-state index in [0.717, 1.165) is 0 Å². The summed E-state index contributed by atoms with van der Waals surface area (Å²) in [5.41, 5.74) is 0.679. The Morgan fingerprint density at radius 1 is 1.47 bits per heavy atom. The van der Waals surface area contributed by atoms with Gasteiger partial charge in [0.25, 0.3) is 0 Å². The molecule has 1 N–H and O–H groups in total. The quantitative estimate of drug-likeness (QED) is 0.788. The molecule has 0 heterocycles. The van der Waals surface area contributed by atoms with Gasteiger partial charge in [0.15, 0.2) is 9.84 Å². The van der Waals surface area contributed by atoms with Crippen molar-refractivity contribution in [1.29, 1.82) is 0 Å². The Morgan fingerprint density at radius 2 is 2.07 bits per heavy atom. The van der Waals surface area contributed by atoms with Crippen LogP contribution in [0.2, 0.25) is 0 Å². The highest BCUT2D eigenvalue weighted by atomic mass is 32.2. The van der Waals surface area contributed by atoms with Crippen molar-refractivity contribution in [2.75, 3.05) is 6.61 Å². The number of rotatable bonds is 4. The molecule has 0 aromatic heterocycles. The first-order chi connectivity index (χ1) is 7.04. The highest BCUT2D eigenvalue weighted by molar-refractivity contribution is 7.92. The summed E-state index contributed by atoms with van der Waals surface area (Å²) in [6, 6.07) is 6.70. The SMILES string of the molecule is C=CC(CO)S(=O)(=O)c1ccccc1C. The molecule has 0 amide bonds. The molecule has 0 saturated heterocycles. The molecule has 4 heteroatoms. The van der Waals surface area contributed by atoms with Crippen molar-refractivity contribution in [2.24, 2.45) is 0 Å². The third-order valence-corrected chi connectivity index (χ3v) is 4.45. The minimum atomic E-state index is -3.50. The highest BCUT2D eigenvalue weighted by Gasteiger charge is 2.25. The molecule has 0 fully saturated rings. The zero-order valence-electron chi connectivity index (χ0n) is 8.55. The van der Waals surface area contributed by atoms with Crippen molar-refractivity contribution in [1.82, 2.24) is 0 Å². The van der Waals surface area contributed by atoms with Crippen molar-refractivity contribution in [3.05, 3.63) is 42.5 Å². The van der Waals surface area contributed by atoms with Gasteiger partial charge in [-0.2, -0.15) is 0 Å². The summed E-state index contributed by atoms with van der Waals surface area (Å²) < 4.78 is 24.0. The van der Waals surface area contributed by atoms with Crippen LogP contribution in [0.5, 0.6) is 0 Å². The zero-order chi connectivity index (χ0) is 11.5. The van der Waals surface area contributed by atoms with Crippen LogP contribution in [0.15, 0.2) is 41.8 Å². The average molecular weight is 226 g/mol. The van der Waals surface area contributed by atoms with Gasteiger partial charge in [0.1, 0.15) is 5.25 Å². The van der Waals surface area contributed by atoms with E-state index in [1.165, 1.54) is 12.1 Å². The number of hydrogen-bond acceptors (Lipinski definition) is 3. The zero-order valence-corrected chi connectivity index (χ0v) is 9.37. The Morgan fingerprint density at radius 3 is 2.53 bits per heavy atom. The molecule has 1 aromatic carbocycles. The van der Waals surface area contributed by atoms with Gasteiger partial charge < -0.3 is 5.11 Å². The lowest BCUT2D eigenvalue weighted by Crippen LogP contribution is -2.23. The van der Waals surface area contributed by atoms with Gasteiger partial charge in [-0.05, 0) is 18.6 Å². The predicted molar refractivity (Wildman–Crippen MR) is 59.4 cm³/mol. The molecule has 0 bridgehead atoms. The molecule has 0 radical (unpaired) electrons. The number of benzene rings is 1. The maximum atomic E-state index is 12.0. The Bertz CT molecular complexity index is 449. The summed E-state index contributed by atoms with van der Waals surface area (Å²) in [4.78, 5) is 0.254. The Balaban J connectivity index is 3.28. The monoisotopic (exact) mass is 226 g/mol. The molecular formula is C11H14O3S. The number of aryl methyl sites for hydroxylation is 1. The second kappa shape index (κ2) is 4.59. The van der Waals surface area contributed by atoms with Crippen molar-refractivity contribution in [2.45, 2.75) is 17.1 Å². The van der Waals surface area contributed by atoms with E-state index in [9.17, 15) is 8.42 Å². The summed E-state index contributed by atoms with van der Waals surface area (Å²) in [5, 5.41) is 8.03. The molecule has 1 rings (SSSR count). The Hall–Kier alpha value is -1.13. The van der Waals surface area contributed by atoms with Gasteiger partial charge in [0.2, 0.25) is 0 Å². The first-order valence-electron chi connectivity index (χ1n) is 4.57. The van der Waals surface area contributed by atoms with E-state index >= 15 is 0 Å². The molecule has 0 aliphatic carbocycles. The van der Waals surface area contributed by atoms with Crippen molar-refractivity contribution < 1.29 is 13.5 Å². The Labute approximate surface area is 90.0 Å². The third kappa shape index (κ3) is 2.27. The normalized spacial score (nSPS) is 13.5. The molecule has 0 aliphatic heterocycles. The van der Waals surface area contributed by atoms with Crippen molar-refractivity contribution in [3.8, 4) is 0 Å². The summed E-state index contributed by atoms with van der Waals surface area (Å²) in [7, 11) is -3.50. The molecule has 1 aromatic rings. The average Bonchev–Trinajstić information content (AvgIpc) is 2.19. The number of aliphatic hydroxyl groups excluding tert-OH is 1. The van der Waals surface area contributed by atoms with Gasteiger partial charge in [-0.3, -0.25) is 0 Å². The van der Waals surface area contributed by atoms with Crippen LogP contribution in [-0.2, 0) is 9.84 Å². The predicted octanol–water partition coefficient (Wildman–Crippen LogP) is 1.32. The van der Waals surface area contributed by atoms with Crippen LogP contribution in [0.3, 0.4) is 0 Å². The Kier molecular flexibility index (Phi) is 3.66. The van der Waals surface area contributed by atoms with E-state index in [4.69, 9.17) is 5.11 Å². The summed E-state index contributed by atoms with van der Waals surface area (Å²) in [6.07, 6.45) is 1.25. The van der Waals surface area contributed by atoms with Gasteiger partial charge in [-0.15, -0.1) is 6.58 Å². The fourth-order valence-corrected chi connectivity index (χ4v) is 2.90. The van der Waals surface area contributed by atoms with Crippen LogP contribution in [0.1, 0.15) is 5.56 Å². The minimum Gasteiger partial charge on any atom is -0.395 e. The molecule has 1 unspecified atom stereocenters. The molecule has 0 saturated carbocycles. The lowest BCUT2D eigenvalue weighted by molar-refractivity contribution is 0.303. The van der Waals surface area contributed by atoms with Crippen molar-refractivity contribution in [3.63, 3.8) is 0 Å². The van der Waals surface area contributed by atoms with E-state index in [0.29, 0.717) is 5.56 Å². The molecular weight excluding hydrogens is 212 g/mol. The van der Waals surface area contributed by atoms with Crippen LogP contribution >= 0.6 is 0 Å². The van der Waals surface area contributed by atoms with Crippen LogP contribution in [-0.4, -0.2) is 25.4 Å².